The van der Waals surface area contributed by atoms with Gasteiger partial charge in [-0.15, -0.1) is 0 Å². The molecule has 4 rings (SSSR count). The fraction of sp³-hybridized carbons (Fsp3) is 0.720. The summed E-state index contributed by atoms with van der Waals surface area (Å²) in [5.41, 5.74) is 1.39. The lowest BCUT2D eigenvalue weighted by Gasteiger charge is -2.34. The molecule has 3 fully saturated rings. The van der Waals surface area contributed by atoms with Crippen LogP contribution < -0.4 is 0 Å². The van der Waals surface area contributed by atoms with Gasteiger partial charge in [0.05, 0.1) is 0 Å². The van der Waals surface area contributed by atoms with Crippen molar-refractivity contribution in [3.8, 4) is 0 Å². The van der Waals surface area contributed by atoms with Crippen LogP contribution in [-0.2, 0) is 4.79 Å². The molecule has 1 aromatic carbocycles. The van der Waals surface area contributed by atoms with Crippen LogP contribution in [-0.4, -0.2) is 59.6 Å². The second-order valence-corrected chi connectivity index (χ2v) is 9.90. The van der Waals surface area contributed by atoms with Crippen LogP contribution in [0.4, 0.5) is 0 Å². The van der Waals surface area contributed by atoms with Crippen molar-refractivity contribution in [3.63, 3.8) is 0 Å². The molecule has 2 heterocycles. The van der Waals surface area contributed by atoms with E-state index in [4.69, 9.17) is 0 Å². The second kappa shape index (κ2) is 9.61. The minimum Gasteiger partial charge on any atom is -0.480 e. The highest BCUT2D eigenvalue weighted by molar-refractivity contribution is 5.74. The lowest BCUT2D eigenvalue weighted by atomic mass is 9.83. The maximum absolute atomic E-state index is 12.3. The summed E-state index contributed by atoms with van der Waals surface area (Å²) in [4.78, 5) is 17.3. The highest BCUT2D eigenvalue weighted by Crippen LogP contribution is 2.38. The molecule has 3 aliphatic rings. The average Bonchev–Trinajstić information content (AvgIpc) is 3.14. The van der Waals surface area contributed by atoms with Crippen LogP contribution in [0.2, 0.25) is 0 Å². The molecule has 3 unspecified atom stereocenters. The molecular formula is C25H38N2O2. The molecule has 1 saturated carbocycles. The fourth-order valence-electron chi connectivity index (χ4n) is 6.08. The van der Waals surface area contributed by atoms with Gasteiger partial charge in [-0.1, -0.05) is 56.5 Å². The minimum atomic E-state index is -0.601. The molecular weight excluding hydrogens is 360 g/mol. The van der Waals surface area contributed by atoms with Gasteiger partial charge in [-0.3, -0.25) is 9.69 Å². The third-order valence-corrected chi connectivity index (χ3v) is 7.81. The molecule has 0 spiro atoms. The van der Waals surface area contributed by atoms with Crippen LogP contribution >= 0.6 is 0 Å². The first-order valence-electron chi connectivity index (χ1n) is 11.9. The Hall–Kier alpha value is -1.39. The number of hydrogen-bond donors (Lipinski definition) is 1. The van der Waals surface area contributed by atoms with Gasteiger partial charge < -0.3 is 10.0 Å². The molecule has 4 heteroatoms. The van der Waals surface area contributed by atoms with Crippen LogP contribution in [0.1, 0.15) is 63.4 Å². The SMILES string of the molecule is CC1CCN(CC2CN(C(C(=O)O)C3CCCCC3)CC2c2ccccc2)CC1. The number of carboxylic acids is 1. The Kier molecular flexibility index (Phi) is 6.92. The zero-order valence-corrected chi connectivity index (χ0v) is 18.0. The van der Waals surface area contributed by atoms with Crippen LogP contribution in [0, 0.1) is 17.8 Å². The number of nitrogens with zero attached hydrogens (tertiary/aromatic N) is 2. The molecule has 0 aromatic heterocycles. The summed E-state index contributed by atoms with van der Waals surface area (Å²) in [6.45, 7) is 7.70. The van der Waals surface area contributed by atoms with Gasteiger partial charge in [0, 0.05) is 25.6 Å². The van der Waals surface area contributed by atoms with Gasteiger partial charge in [0.15, 0.2) is 0 Å². The number of carbonyl (C=O) groups is 1. The average molecular weight is 399 g/mol. The van der Waals surface area contributed by atoms with Crippen LogP contribution in [0.25, 0.3) is 0 Å². The van der Waals surface area contributed by atoms with Crippen LogP contribution in [0.5, 0.6) is 0 Å². The molecule has 0 radical (unpaired) electrons. The van der Waals surface area contributed by atoms with Gasteiger partial charge in [-0.25, -0.2) is 0 Å². The molecule has 2 aliphatic heterocycles. The molecule has 0 amide bonds. The van der Waals surface area contributed by atoms with Gasteiger partial charge in [0.1, 0.15) is 6.04 Å². The highest BCUT2D eigenvalue weighted by atomic mass is 16.4. The summed E-state index contributed by atoms with van der Waals surface area (Å²) >= 11 is 0. The van der Waals surface area contributed by atoms with Crippen molar-refractivity contribution >= 4 is 5.97 Å². The maximum atomic E-state index is 12.3. The largest absolute Gasteiger partial charge is 0.480 e. The van der Waals surface area contributed by atoms with Crippen LogP contribution in [0.3, 0.4) is 0 Å². The Labute approximate surface area is 176 Å². The van der Waals surface area contributed by atoms with Crippen molar-refractivity contribution in [2.45, 2.75) is 63.8 Å². The number of aliphatic carboxylic acids is 1. The molecule has 1 aliphatic carbocycles. The molecule has 2 saturated heterocycles. The van der Waals surface area contributed by atoms with E-state index in [-0.39, 0.29) is 6.04 Å². The van der Waals surface area contributed by atoms with E-state index >= 15 is 0 Å². The molecule has 1 aromatic rings. The zero-order valence-electron chi connectivity index (χ0n) is 18.0. The lowest BCUT2D eigenvalue weighted by Crippen LogP contribution is -2.46. The van der Waals surface area contributed by atoms with Crippen molar-refractivity contribution in [3.05, 3.63) is 35.9 Å². The quantitative estimate of drug-likeness (QED) is 0.768. The van der Waals surface area contributed by atoms with Crippen molar-refractivity contribution in [1.82, 2.24) is 9.80 Å². The van der Waals surface area contributed by atoms with Crippen molar-refractivity contribution in [1.29, 1.82) is 0 Å². The Morgan fingerprint density at radius 1 is 1.03 bits per heavy atom. The number of hydrogen-bond acceptors (Lipinski definition) is 3. The number of benzene rings is 1. The summed E-state index contributed by atoms with van der Waals surface area (Å²) < 4.78 is 0. The predicted octanol–water partition coefficient (Wildman–Crippen LogP) is 4.47. The van der Waals surface area contributed by atoms with Gasteiger partial charge in [-0.05, 0) is 62.1 Å². The topological polar surface area (TPSA) is 43.8 Å². The van der Waals surface area contributed by atoms with E-state index in [2.05, 4.69) is 47.1 Å². The minimum absolute atomic E-state index is 0.298. The third-order valence-electron chi connectivity index (χ3n) is 7.81. The van der Waals surface area contributed by atoms with Gasteiger partial charge in [0.25, 0.3) is 0 Å². The Bertz CT molecular complexity index is 650. The summed E-state index contributed by atoms with van der Waals surface area (Å²) in [6.07, 6.45) is 8.42. The predicted molar refractivity (Wildman–Crippen MR) is 117 cm³/mol. The Balaban J connectivity index is 1.51. The Morgan fingerprint density at radius 2 is 1.72 bits per heavy atom. The van der Waals surface area contributed by atoms with E-state index in [9.17, 15) is 9.90 Å². The number of carboxylic acid groups (broad SMARTS) is 1. The summed E-state index contributed by atoms with van der Waals surface area (Å²) in [5.74, 6) is 1.54. The third kappa shape index (κ3) is 5.03. The highest BCUT2D eigenvalue weighted by Gasteiger charge is 2.43. The molecule has 4 nitrogen and oxygen atoms in total. The van der Waals surface area contributed by atoms with E-state index in [1.165, 1.54) is 50.8 Å². The van der Waals surface area contributed by atoms with E-state index < -0.39 is 5.97 Å². The smallest absolute Gasteiger partial charge is 0.321 e. The van der Waals surface area contributed by atoms with Crippen LogP contribution in [0.15, 0.2) is 30.3 Å². The van der Waals surface area contributed by atoms with E-state index in [1.54, 1.807) is 0 Å². The number of rotatable bonds is 6. The Morgan fingerprint density at radius 3 is 2.38 bits per heavy atom. The zero-order chi connectivity index (χ0) is 20.2. The van der Waals surface area contributed by atoms with Crippen molar-refractivity contribution < 1.29 is 9.90 Å². The molecule has 1 N–H and O–H groups in total. The number of piperidine rings is 1. The van der Waals surface area contributed by atoms with Gasteiger partial charge >= 0.3 is 5.97 Å². The van der Waals surface area contributed by atoms with Gasteiger partial charge in [0.2, 0.25) is 0 Å². The molecule has 3 atom stereocenters. The lowest BCUT2D eigenvalue weighted by molar-refractivity contribution is -0.145. The van der Waals surface area contributed by atoms with E-state index in [1.807, 2.05) is 0 Å². The normalized spacial score (nSPS) is 29.1. The maximum Gasteiger partial charge on any atom is 0.321 e. The summed E-state index contributed by atoms with van der Waals surface area (Å²) in [6, 6.07) is 10.5. The molecule has 29 heavy (non-hydrogen) atoms. The van der Waals surface area contributed by atoms with E-state index in [0.29, 0.717) is 17.8 Å². The van der Waals surface area contributed by atoms with Crippen molar-refractivity contribution in [2.75, 3.05) is 32.7 Å². The standard InChI is InChI=1S/C25H38N2O2/c1-19-12-14-26(15-13-19)16-22-17-27(18-23(22)20-8-4-2-5-9-20)24(25(28)29)21-10-6-3-7-11-21/h2,4-5,8-9,19,21-24H,3,6-7,10-18H2,1H3,(H,28,29). The molecule has 160 valence electrons. The first-order chi connectivity index (χ1) is 14.1. The monoisotopic (exact) mass is 398 g/mol. The fourth-order valence-corrected chi connectivity index (χ4v) is 6.08. The first-order valence-corrected chi connectivity index (χ1v) is 11.9. The van der Waals surface area contributed by atoms with Crippen molar-refractivity contribution in [2.24, 2.45) is 17.8 Å². The first kappa shape index (κ1) is 20.9. The number of likely N-dealkylation sites (tertiary alicyclic amines) is 2. The summed E-state index contributed by atoms with van der Waals surface area (Å²) in [5, 5.41) is 10.1. The van der Waals surface area contributed by atoms with Gasteiger partial charge in [-0.2, -0.15) is 0 Å². The second-order valence-electron chi connectivity index (χ2n) is 9.90. The summed E-state index contributed by atoms with van der Waals surface area (Å²) in [7, 11) is 0. The molecule has 0 bridgehead atoms. The van der Waals surface area contributed by atoms with E-state index in [0.717, 1.165) is 38.4 Å².